The molecule has 0 unspecified atom stereocenters. The Balaban J connectivity index is 1.33. The summed E-state index contributed by atoms with van der Waals surface area (Å²) >= 11 is 0. The first-order valence-corrected chi connectivity index (χ1v) is 11.9. The number of rotatable bonds is 6. The van der Waals surface area contributed by atoms with Crippen LogP contribution in [-0.2, 0) is 17.5 Å². The summed E-state index contributed by atoms with van der Waals surface area (Å²) in [6.07, 6.45) is 1.20. The van der Waals surface area contributed by atoms with Gasteiger partial charge in [-0.2, -0.15) is 13.2 Å². The molecule has 11 heteroatoms. The first-order chi connectivity index (χ1) is 17.4. The van der Waals surface area contributed by atoms with Crippen LogP contribution < -0.4 is 10.2 Å². The van der Waals surface area contributed by atoms with Crippen molar-refractivity contribution >= 4 is 22.8 Å². The van der Waals surface area contributed by atoms with Gasteiger partial charge in [0.15, 0.2) is 17.3 Å². The normalized spacial score (nSPS) is 16.5. The number of nitrogens with one attached hydrogen (secondary N) is 1. The second kappa shape index (κ2) is 9.05. The molecule has 2 aliphatic rings. The number of anilines is 2. The minimum Gasteiger partial charge on any atom is -0.378 e. The Morgan fingerprint density at radius 2 is 1.75 bits per heavy atom. The van der Waals surface area contributed by atoms with Crippen LogP contribution in [0.1, 0.15) is 24.0 Å². The molecule has 0 atom stereocenters. The third-order valence-electron chi connectivity index (χ3n) is 6.36. The first-order valence-electron chi connectivity index (χ1n) is 11.9. The summed E-state index contributed by atoms with van der Waals surface area (Å²) in [7, 11) is 0. The number of hydrogen-bond acceptors (Lipinski definition) is 7. The fraction of sp³-hybridized carbons (Fsp3) is 0.360. The molecule has 1 saturated heterocycles. The molecule has 1 aliphatic carbocycles. The highest BCUT2D eigenvalue weighted by Crippen LogP contribution is 2.31. The average Bonchev–Trinajstić information content (AvgIpc) is 3.62. The predicted octanol–water partition coefficient (Wildman–Crippen LogP) is 4.37. The quantitative estimate of drug-likeness (QED) is 0.426. The van der Waals surface area contributed by atoms with E-state index in [0.29, 0.717) is 48.6 Å². The summed E-state index contributed by atoms with van der Waals surface area (Å²) < 4.78 is 46.1. The van der Waals surface area contributed by atoms with Gasteiger partial charge >= 0.3 is 6.18 Å². The van der Waals surface area contributed by atoms with E-state index in [1.165, 1.54) is 12.1 Å². The average molecular weight is 496 g/mol. The number of nitrogens with zero attached hydrogens (tertiary/aromatic N) is 6. The van der Waals surface area contributed by atoms with Crippen molar-refractivity contribution in [3.63, 3.8) is 0 Å². The van der Waals surface area contributed by atoms with E-state index in [0.717, 1.165) is 55.0 Å². The Hall–Kier alpha value is -3.73. The van der Waals surface area contributed by atoms with Crippen molar-refractivity contribution in [2.75, 3.05) is 36.5 Å². The molecule has 2 fully saturated rings. The van der Waals surface area contributed by atoms with E-state index >= 15 is 0 Å². The number of hydrogen-bond donors (Lipinski definition) is 1. The number of benzene rings is 1. The number of halogens is 3. The minimum atomic E-state index is -4.36. The number of fused-ring (bicyclic) bond motifs is 1. The van der Waals surface area contributed by atoms with Gasteiger partial charge in [-0.25, -0.2) is 19.9 Å². The number of morpholine rings is 1. The van der Waals surface area contributed by atoms with Gasteiger partial charge < -0.3 is 19.5 Å². The van der Waals surface area contributed by atoms with E-state index < -0.39 is 11.7 Å². The predicted molar refractivity (Wildman–Crippen MR) is 129 cm³/mol. The molecule has 1 saturated carbocycles. The molecule has 0 radical (unpaired) electrons. The standard InChI is InChI=1S/C25H24F3N7O/c26-25(27,28)18-4-1-16(2-5-18)14-35-15-30-21-23(31-19-6-7-19)32-22(33-24(21)35)17-3-8-20(29-13-17)34-9-11-36-12-10-34/h1-5,8,13,15,19H,6-7,9-12,14H2,(H,31,32,33). The Morgan fingerprint density at radius 3 is 2.42 bits per heavy atom. The highest BCUT2D eigenvalue weighted by molar-refractivity contribution is 5.85. The van der Waals surface area contributed by atoms with Gasteiger partial charge in [-0.15, -0.1) is 0 Å². The van der Waals surface area contributed by atoms with Crippen molar-refractivity contribution in [2.45, 2.75) is 31.6 Å². The number of pyridine rings is 1. The molecule has 0 amide bonds. The van der Waals surface area contributed by atoms with Gasteiger partial charge in [0.25, 0.3) is 0 Å². The van der Waals surface area contributed by atoms with Crippen LogP contribution in [0.2, 0.25) is 0 Å². The highest BCUT2D eigenvalue weighted by atomic mass is 19.4. The van der Waals surface area contributed by atoms with Gasteiger partial charge in [0, 0.05) is 30.9 Å². The van der Waals surface area contributed by atoms with Gasteiger partial charge in [-0.05, 0) is 42.7 Å². The summed E-state index contributed by atoms with van der Waals surface area (Å²) in [5.74, 6) is 2.05. The van der Waals surface area contributed by atoms with Gasteiger partial charge in [-0.1, -0.05) is 12.1 Å². The zero-order valence-electron chi connectivity index (χ0n) is 19.4. The van der Waals surface area contributed by atoms with Crippen molar-refractivity contribution in [3.05, 3.63) is 60.0 Å². The van der Waals surface area contributed by atoms with E-state index in [1.54, 1.807) is 12.5 Å². The second-order valence-electron chi connectivity index (χ2n) is 9.06. The number of aromatic nitrogens is 5. The van der Waals surface area contributed by atoms with Crippen LogP contribution in [0.4, 0.5) is 24.8 Å². The lowest BCUT2D eigenvalue weighted by atomic mass is 10.1. The van der Waals surface area contributed by atoms with Crippen LogP contribution >= 0.6 is 0 Å². The summed E-state index contributed by atoms with van der Waals surface area (Å²) in [6.45, 7) is 3.30. The first kappa shape index (κ1) is 22.7. The zero-order chi connectivity index (χ0) is 24.7. The highest BCUT2D eigenvalue weighted by Gasteiger charge is 2.30. The van der Waals surface area contributed by atoms with Crippen LogP contribution in [0, 0.1) is 0 Å². The lowest BCUT2D eigenvalue weighted by Crippen LogP contribution is -2.36. The summed E-state index contributed by atoms with van der Waals surface area (Å²) in [6, 6.07) is 9.42. The minimum absolute atomic E-state index is 0.335. The second-order valence-corrected chi connectivity index (χ2v) is 9.06. The molecule has 186 valence electrons. The maximum Gasteiger partial charge on any atom is 0.416 e. The molecule has 1 N–H and O–H groups in total. The van der Waals surface area contributed by atoms with Crippen LogP contribution in [-0.4, -0.2) is 56.8 Å². The Labute approximate surface area is 205 Å². The zero-order valence-corrected chi connectivity index (χ0v) is 19.4. The summed E-state index contributed by atoms with van der Waals surface area (Å²) in [5, 5.41) is 3.44. The van der Waals surface area contributed by atoms with Gasteiger partial charge in [0.1, 0.15) is 11.3 Å². The molecule has 36 heavy (non-hydrogen) atoms. The molecule has 0 spiro atoms. The van der Waals surface area contributed by atoms with Gasteiger partial charge in [-0.3, -0.25) is 0 Å². The molecule has 0 bridgehead atoms. The topological polar surface area (TPSA) is 81.0 Å². The molecule has 8 nitrogen and oxygen atoms in total. The van der Waals surface area contributed by atoms with Crippen molar-refractivity contribution in [3.8, 4) is 11.4 Å². The van der Waals surface area contributed by atoms with E-state index in [4.69, 9.17) is 14.7 Å². The molecular weight excluding hydrogens is 471 g/mol. The fourth-order valence-electron chi connectivity index (χ4n) is 4.20. The van der Waals surface area contributed by atoms with Crippen LogP contribution in [0.15, 0.2) is 48.9 Å². The van der Waals surface area contributed by atoms with Crippen molar-refractivity contribution in [2.24, 2.45) is 0 Å². The number of ether oxygens (including phenoxy) is 1. The smallest absolute Gasteiger partial charge is 0.378 e. The van der Waals surface area contributed by atoms with Crippen molar-refractivity contribution in [1.29, 1.82) is 0 Å². The van der Waals surface area contributed by atoms with Gasteiger partial charge in [0.05, 0.1) is 31.6 Å². The Bertz CT molecular complexity index is 1360. The molecule has 4 heterocycles. The summed E-state index contributed by atoms with van der Waals surface area (Å²) in [4.78, 5) is 20.9. The van der Waals surface area contributed by atoms with Crippen molar-refractivity contribution < 1.29 is 17.9 Å². The molecule has 1 aromatic carbocycles. The lowest BCUT2D eigenvalue weighted by molar-refractivity contribution is -0.137. The van der Waals surface area contributed by atoms with Crippen LogP contribution in [0.3, 0.4) is 0 Å². The number of imidazole rings is 1. The maximum atomic E-state index is 12.9. The Morgan fingerprint density at radius 1 is 0.972 bits per heavy atom. The van der Waals surface area contributed by atoms with Crippen LogP contribution in [0.25, 0.3) is 22.6 Å². The number of alkyl halides is 3. The molecule has 4 aromatic rings. The lowest BCUT2D eigenvalue weighted by Gasteiger charge is -2.27. The van der Waals surface area contributed by atoms with Crippen molar-refractivity contribution in [1.82, 2.24) is 24.5 Å². The monoisotopic (exact) mass is 495 g/mol. The van der Waals surface area contributed by atoms with E-state index in [1.807, 2.05) is 16.7 Å². The molecule has 3 aromatic heterocycles. The molecular formula is C25H24F3N7O. The maximum absolute atomic E-state index is 12.9. The van der Waals surface area contributed by atoms with E-state index in [2.05, 4.69) is 20.2 Å². The van der Waals surface area contributed by atoms with E-state index in [9.17, 15) is 13.2 Å². The SMILES string of the molecule is FC(F)(F)c1ccc(Cn2cnc3c(NC4CC4)nc(-c4ccc(N5CCOCC5)nc4)nc32)cc1. The van der Waals surface area contributed by atoms with E-state index in [-0.39, 0.29) is 0 Å². The molecule has 6 rings (SSSR count). The summed E-state index contributed by atoms with van der Waals surface area (Å²) in [5.41, 5.74) is 2.07. The fourth-order valence-corrected chi connectivity index (χ4v) is 4.20. The largest absolute Gasteiger partial charge is 0.416 e. The Kier molecular flexibility index (Phi) is 5.71. The third-order valence-corrected chi connectivity index (χ3v) is 6.36. The van der Waals surface area contributed by atoms with Crippen LogP contribution in [0.5, 0.6) is 0 Å². The third kappa shape index (κ3) is 4.70. The molecule has 1 aliphatic heterocycles. The van der Waals surface area contributed by atoms with Gasteiger partial charge in [0.2, 0.25) is 0 Å².